The summed E-state index contributed by atoms with van der Waals surface area (Å²) in [7, 11) is 0. The summed E-state index contributed by atoms with van der Waals surface area (Å²) in [6.07, 6.45) is 0.796. The van der Waals surface area contributed by atoms with Gasteiger partial charge in [0.1, 0.15) is 6.29 Å². The standard InChI is InChI=1S/C8H8ClNO/c1-6-2-7(5-11)3-8(4-9)10-6/h2-3,5H,4H2,1H3. The van der Waals surface area contributed by atoms with E-state index in [1.807, 2.05) is 6.92 Å². The first-order valence-corrected chi connectivity index (χ1v) is 3.78. The lowest BCUT2D eigenvalue weighted by molar-refractivity contribution is 0.112. The highest BCUT2D eigenvalue weighted by molar-refractivity contribution is 6.16. The topological polar surface area (TPSA) is 30.0 Å². The normalized spacial score (nSPS) is 9.64. The molecule has 0 aliphatic rings. The summed E-state index contributed by atoms with van der Waals surface area (Å²) < 4.78 is 0. The van der Waals surface area contributed by atoms with Crippen LogP contribution in [0, 0.1) is 6.92 Å². The van der Waals surface area contributed by atoms with Crippen molar-refractivity contribution in [2.75, 3.05) is 0 Å². The van der Waals surface area contributed by atoms with Gasteiger partial charge in [-0.1, -0.05) is 0 Å². The van der Waals surface area contributed by atoms with Crippen LogP contribution in [0.4, 0.5) is 0 Å². The molecular formula is C8H8ClNO. The number of aryl methyl sites for hydroxylation is 1. The number of rotatable bonds is 2. The number of hydrogen-bond donors (Lipinski definition) is 0. The molecular weight excluding hydrogens is 162 g/mol. The summed E-state index contributed by atoms with van der Waals surface area (Å²) in [5, 5.41) is 0. The van der Waals surface area contributed by atoms with Crippen molar-refractivity contribution in [3.05, 3.63) is 29.1 Å². The lowest BCUT2D eigenvalue weighted by Gasteiger charge is -1.97. The summed E-state index contributed by atoms with van der Waals surface area (Å²) in [5.74, 6) is 0.350. The van der Waals surface area contributed by atoms with E-state index in [1.165, 1.54) is 0 Å². The van der Waals surface area contributed by atoms with Gasteiger partial charge in [-0.15, -0.1) is 11.6 Å². The van der Waals surface area contributed by atoms with E-state index in [1.54, 1.807) is 12.1 Å². The second-order valence-corrected chi connectivity index (χ2v) is 2.55. The fourth-order valence-corrected chi connectivity index (χ4v) is 1.04. The van der Waals surface area contributed by atoms with Gasteiger partial charge in [0.25, 0.3) is 0 Å². The Balaban J connectivity index is 3.11. The number of halogens is 1. The Morgan fingerprint density at radius 3 is 2.91 bits per heavy atom. The predicted molar refractivity (Wildman–Crippen MR) is 43.9 cm³/mol. The number of pyridine rings is 1. The van der Waals surface area contributed by atoms with Crippen LogP contribution in [0.2, 0.25) is 0 Å². The van der Waals surface area contributed by atoms with Crippen LogP contribution >= 0.6 is 11.6 Å². The first kappa shape index (κ1) is 8.21. The van der Waals surface area contributed by atoms with Crippen molar-refractivity contribution in [2.45, 2.75) is 12.8 Å². The van der Waals surface area contributed by atoms with E-state index in [0.717, 1.165) is 17.7 Å². The first-order chi connectivity index (χ1) is 5.26. The van der Waals surface area contributed by atoms with Crippen LogP contribution in [0.3, 0.4) is 0 Å². The molecule has 0 aliphatic carbocycles. The molecule has 0 unspecified atom stereocenters. The molecule has 1 rings (SSSR count). The zero-order valence-corrected chi connectivity index (χ0v) is 6.93. The predicted octanol–water partition coefficient (Wildman–Crippen LogP) is 1.94. The Bertz CT molecular complexity index is 273. The molecule has 0 saturated heterocycles. The molecule has 0 atom stereocenters. The Morgan fingerprint density at radius 2 is 2.36 bits per heavy atom. The van der Waals surface area contributed by atoms with Crippen molar-refractivity contribution in [2.24, 2.45) is 0 Å². The molecule has 0 aromatic carbocycles. The third kappa shape index (κ3) is 2.02. The third-order valence-electron chi connectivity index (χ3n) is 1.30. The number of aldehydes is 1. The van der Waals surface area contributed by atoms with Gasteiger partial charge in [-0.05, 0) is 19.1 Å². The molecule has 1 aromatic heterocycles. The van der Waals surface area contributed by atoms with Gasteiger partial charge in [-0.25, -0.2) is 0 Å². The molecule has 2 nitrogen and oxygen atoms in total. The molecule has 1 heterocycles. The molecule has 0 N–H and O–H groups in total. The minimum atomic E-state index is 0.350. The van der Waals surface area contributed by atoms with E-state index in [0.29, 0.717) is 11.4 Å². The van der Waals surface area contributed by atoms with Crippen molar-refractivity contribution >= 4 is 17.9 Å². The third-order valence-corrected chi connectivity index (χ3v) is 1.58. The van der Waals surface area contributed by atoms with E-state index < -0.39 is 0 Å². The molecule has 0 spiro atoms. The van der Waals surface area contributed by atoms with Gasteiger partial charge < -0.3 is 0 Å². The highest BCUT2D eigenvalue weighted by Crippen LogP contribution is 2.05. The Hall–Kier alpha value is -0.890. The number of carbonyl (C=O) groups excluding carboxylic acids is 1. The van der Waals surface area contributed by atoms with Gasteiger partial charge in [-0.2, -0.15) is 0 Å². The van der Waals surface area contributed by atoms with Crippen LogP contribution in [0.5, 0.6) is 0 Å². The monoisotopic (exact) mass is 169 g/mol. The smallest absolute Gasteiger partial charge is 0.150 e. The maximum absolute atomic E-state index is 10.4. The van der Waals surface area contributed by atoms with Crippen molar-refractivity contribution in [1.29, 1.82) is 0 Å². The van der Waals surface area contributed by atoms with Crippen LogP contribution in [0.1, 0.15) is 21.7 Å². The fraction of sp³-hybridized carbons (Fsp3) is 0.250. The Morgan fingerprint density at radius 1 is 1.64 bits per heavy atom. The van der Waals surface area contributed by atoms with E-state index in [-0.39, 0.29) is 0 Å². The molecule has 0 radical (unpaired) electrons. The minimum absolute atomic E-state index is 0.350. The van der Waals surface area contributed by atoms with Crippen LogP contribution < -0.4 is 0 Å². The molecule has 58 valence electrons. The van der Waals surface area contributed by atoms with Crippen LogP contribution in [-0.4, -0.2) is 11.3 Å². The largest absolute Gasteiger partial charge is 0.298 e. The van der Waals surface area contributed by atoms with Gasteiger partial charge in [-0.3, -0.25) is 9.78 Å². The summed E-state index contributed by atoms with van der Waals surface area (Å²) in [5.41, 5.74) is 2.20. The van der Waals surface area contributed by atoms with Gasteiger partial charge >= 0.3 is 0 Å². The van der Waals surface area contributed by atoms with E-state index in [4.69, 9.17) is 11.6 Å². The average molecular weight is 170 g/mol. The zero-order chi connectivity index (χ0) is 8.27. The molecule has 11 heavy (non-hydrogen) atoms. The SMILES string of the molecule is Cc1cc(C=O)cc(CCl)n1. The molecule has 0 bridgehead atoms. The fourth-order valence-electron chi connectivity index (χ4n) is 0.903. The number of nitrogens with zero attached hydrogens (tertiary/aromatic N) is 1. The van der Waals surface area contributed by atoms with Gasteiger partial charge in [0.05, 0.1) is 11.6 Å². The molecule has 0 saturated carbocycles. The van der Waals surface area contributed by atoms with Crippen molar-refractivity contribution in [3.63, 3.8) is 0 Å². The molecule has 3 heteroatoms. The highest BCUT2D eigenvalue weighted by atomic mass is 35.5. The Kier molecular flexibility index (Phi) is 2.60. The summed E-state index contributed by atoms with van der Waals surface area (Å²) in [6.45, 7) is 1.84. The quantitative estimate of drug-likeness (QED) is 0.500. The molecule has 0 aliphatic heterocycles. The lowest BCUT2D eigenvalue weighted by Crippen LogP contribution is -1.91. The number of carbonyl (C=O) groups is 1. The summed E-state index contributed by atoms with van der Waals surface area (Å²) in [4.78, 5) is 14.5. The Labute approximate surface area is 70.2 Å². The molecule has 1 aromatic rings. The van der Waals surface area contributed by atoms with Crippen molar-refractivity contribution < 1.29 is 4.79 Å². The second kappa shape index (κ2) is 3.49. The summed E-state index contributed by atoms with van der Waals surface area (Å²) in [6, 6.07) is 3.41. The molecule has 0 amide bonds. The van der Waals surface area contributed by atoms with Crippen molar-refractivity contribution in [1.82, 2.24) is 4.98 Å². The van der Waals surface area contributed by atoms with Crippen LogP contribution in [-0.2, 0) is 5.88 Å². The minimum Gasteiger partial charge on any atom is -0.298 e. The van der Waals surface area contributed by atoms with E-state index in [2.05, 4.69) is 4.98 Å². The highest BCUT2D eigenvalue weighted by Gasteiger charge is 1.96. The van der Waals surface area contributed by atoms with Gasteiger partial charge in [0, 0.05) is 11.3 Å². The zero-order valence-electron chi connectivity index (χ0n) is 6.17. The maximum atomic E-state index is 10.4. The number of aromatic nitrogens is 1. The first-order valence-electron chi connectivity index (χ1n) is 3.25. The maximum Gasteiger partial charge on any atom is 0.150 e. The molecule has 0 fully saturated rings. The second-order valence-electron chi connectivity index (χ2n) is 2.28. The summed E-state index contributed by atoms with van der Waals surface area (Å²) >= 11 is 5.55. The average Bonchev–Trinajstić information content (AvgIpc) is 2.03. The number of alkyl halides is 1. The van der Waals surface area contributed by atoms with Crippen LogP contribution in [0.15, 0.2) is 12.1 Å². The van der Waals surface area contributed by atoms with Crippen molar-refractivity contribution in [3.8, 4) is 0 Å². The van der Waals surface area contributed by atoms with E-state index >= 15 is 0 Å². The van der Waals surface area contributed by atoms with Gasteiger partial charge in [0.15, 0.2) is 0 Å². The van der Waals surface area contributed by atoms with Crippen LogP contribution in [0.25, 0.3) is 0 Å². The van der Waals surface area contributed by atoms with E-state index in [9.17, 15) is 4.79 Å². The lowest BCUT2D eigenvalue weighted by atomic mass is 10.2. The number of hydrogen-bond acceptors (Lipinski definition) is 2. The van der Waals surface area contributed by atoms with Gasteiger partial charge in [0.2, 0.25) is 0 Å².